The molecule has 3 atom stereocenters. The van der Waals surface area contributed by atoms with Gasteiger partial charge in [0.1, 0.15) is 23.1 Å². The molecule has 2 amide bonds. The fourth-order valence-corrected chi connectivity index (χ4v) is 7.53. The quantitative estimate of drug-likeness (QED) is 0.369. The van der Waals surface area contributed by atoms with Crippen molar-refractivity contribution < 1.29 is 18.7 Å². The molecule has 5 nitrogen and oxygen atoms in total. The lowest BCUT2D eigenvalue weighted by Gasteiger charge is -2.46. The van der Waals surface area contributed by atoms with E-state index in [0.29, 0.717) is 32.6 Å². The van der Waals surface area contributed by atoms with Gasteiger partial charge in [0.25, 0.3) is 0 Å². The van der Waals surface area contributed by atoms with Crippen LogP contribution in [0.1, 0.15) is 47.9 Å². The van der Waals surface area contributed by atoms with E-state index in [0.717, 1.165) is 29.9 Å². The fraction of sp³-hybridized carbons (Fsp3) is 0.310. The number of thioether (sulfide) groups is 1. The Morgan fingerprint density at radius 1 is 0.974 bits per heavy atom. The molecule has 6 rings (SSSR count). The first-order valence-electron chi connectivity index (χ1n) is 12.6. The molecular weight excluding hydrogens is 546 g/mol. The van der Waals surface area contributed by atoms with E-state index in [-0.39, 0.29) is 24.3 Å². The molecular formula is C29H25Cl2FN2O3S. The number of carbonyl (C=O) groups excluding carboxylic acids is 2. The molecule has 3 aliphatic heterocycles. The van der Waals surface area contributed by atoms with Crippen LogP contribution in [0.25, 0.3) is 0 Å². The molecule has 3 aromatic carbocycles. The first-order chi connectivity index (χ1) is 18.4. The van der Waals surface area contributed by atoms with Gasteiger partial charge in [-0.3, -0.25) is 9.59 Å². The number of piperidine rings is 1. The lowest BCUT2D eigenvalue weighted by molar-refractivity contribution is -0.131. The van der Waals surface area contributed by atoms with Crippen molar-refractivity contribution in [1.29, 1.82) is 0 Å². The van der Waals surface area contributed by atoms with E-state index in [1.807, 2.05) is 23.9 Å². The number of ether oxygens (including phenoxy) is 1. The normalized spacial score (nSPS) is 25.1. The van der Waals surface area contributed by atoms with E-state index in [9.17, 15) is 14.0 Å². The minimum Gasteiger partial charge on any atom is -0.490 e. The number of nitrogens with one attached hydrogen (secondary N) is 2. The zero-order chi connectivity index (χ0) is 26.4. The van der Waals surface area contributed by atoms with Gasteiger partial charge in [0.2, 0.25) is 11.8 Å². The van der Waals surface area contributed by atoms with E-state index < -0.39 is 23.2 Å². The molecule has 196 valence electrons. The monoisotopic (exact) mass is 570 g/mol. The third-order valence-electron chi connectivity index (χ3n) is 7.75. The molecule has 0 bridgehead atoms. The van der Waals surface area contributed by atoms with E-state index in [4.69, 9.17) is 27.9 Å². The van der Waals surface area contributed by atoms with Gasteiger partial charge in [-0.2, -0.15) is 11.8 Å². The average Bonchev–Trinajstić information content (AvgIpc) is 3.18. The molecule has 3 aromatic rings. The number of benzene rings is 3. The Labute approximate surface area is 234 Å². The number of anilines is 1. The molecule has 2 N–H and O–H groups in total. The van der Waals surface area contributed by atoms with Crippen LogP contribution in [-0.4, -0.2) is 29.4 Å². The Morgan fingerprint density at radius 2 is 1.76 bits per heavy atom. The van der Waals surface area contributed by atoms with Crippen molar-refractivity contribution in [3.05, 3.63) is 93.2 Å². The zero-order valence-electron chi connectivity index (χ0n) is 20.3. The van der Waals surface area contributed by atoms with E-state index in [2.05, 4.69) is 10.6 Å². The molecule has 3 aliphatic rings. The largest absolute Gasteiger partial charge is 0.490 e. The van der Waals surface area contributed by atoms with Gasteiger partial charge in [-0.15, -0.1) is 0 Å². The maximum absolute atomic E-state index is 14.9. The summed E-state index contributed by atoms with van der Waals surface area (Å²) in [6.07, 6.45) is 1.77. The minimum absolute atomic E-state index is 0.0251. The summed E-state index contributed by atoms with van der Waals surface area (Å²) in [5, 5.41) is 7.03. The number of halogens is 3. The van der Waals surface area contributed by atoms with E-state index in [1.54, 1.807) is 36.4 Å². The van der Waals surface area contributed by atoms with Crippen LogP contribution < -0.4 is 15.4 Å². The highest BCUT2D eigenvalue weighted by atomic mass is 35.5. The van der Waals surface area contributed by atoms with Crippen LogP contribution in [0.2, 0.25) is 10.0 Å². The second-order valence-corrected chi connectivity index (χ2v) is 12.0. The lowest BCUT2D eigenvalue weighted by Crippen LogP contribution is -2.57. The maximum Gasteiger partial charge on any atom is 0.238 e. The Bertz CT molecular complexity index is 1430. The van der Waals surface area contributed by atoms with Gasteiger partial charge < -0.3 is 15.4 Å². The van der Waals surface area contributed by atoms with Gasteiger partial charge in [-0.05, 0) is 77.9 Å². The number of hydrogen-bond acceptors (Lipinski definition) is 4. The van der Waals surface area contributed by atoms with Gasteiger partial charge in [0.15, 0.2) is 0 Å². The Hall–Kier alpha value is -2.74. The van der Waals surface area contributed by atoms with Crippen molar-refractivity contribution in [2.24, 2.45) is 0 Å². The van der Waals surface area contributed by atoms with Crippen molar-refractivity contribution in [2.45, 2.75) is 42.7 Å². The molecule has 0 aromatic heterocycles. The predicted octanol–water partition coefficient (Wildman–Crippen LogP) is 6.64. The molecule has 2 fully saturated rings. The maximum atomic E-state index is 14.9. The summed E-state index contributed by atoms with van der Waals surface area (Å²) < 4.78 is 21.3. The van der Waals surface area contributed by atoms with Crippen molar-refractivity contribution in [3.8, 4) is 5.75 Å². The zero-order valence-corrected chi connectivity index (χ0v) is 22.6. The summed E-state index contributed by atoms with van der Waals surface area (Å²) in [4.78, 5) is 27.5. The molecule has 0 radical (unpaired) electrons. The van der Waals surface area contributed by atoms with Crippen LogP contribution >= 0.6 is 35.0 Å². The second-order valence-electron chi connectivity index (χ2n) is 9.94. The molecule has 3 unspecified atom stereocenters. The van der Waals surface area contributed by atoms with Crippen molar-refractivity contribution in [2.75, 3.05) is 16.8 Å². The van der Waals surface area contributed by atoms with Gasteiger partial charge in [0.05, 0.1) is 6.04 Å². The Morgan fingerprint density at radius 3 is 2.55 bits per heavy atom. The molecule has 0 aliphatic carbocycles. The summed E-state index contributed by atoms with van der Waals surface area (Å²) in [5.74, 6) is 0.839. The summed E-state index contributed by atoms with van der Waals surface area (Å²) in [7, 11) is 0. The molecule has 9 heteroatoms. The van der Waals surface area contributed by atoms with Gasteiger partial charge in [-0.25, -0.2) is 4.39 Å². The van der Waals surface area contributed by atoms with Gasteiger partial charge in [-0.1, -0.05) is 41.4 Å². The summed E-state index contributed by atoms with van der Waals surface area (Å²) in [6, 6.07) is 15.9. The number of fused-ring (bicyclic) bond motifs is 2. The summed E-state index contributed by atoms with van der Waals surface area (Å²) >= 11 is 14.5. The second kappa shape index (κ2) is 10.1. The Balaban J connectivity index is 1.57. The topological polar surface area (TPSA) is 67.4 Å². The minimum atomic E-state index is -1.30. The molecule has 38 heavy (non-hydrogen) atoms. The molecule has 2 saturated heterocycles. The number of amides is 2. The number of hydrogen-bond donors (Lipinski definition) is 2. The average molecular weight is 572 g/mol. The molecule has 1 spiro atoms. The van der Waals surface area contributed by atoms with Gasteiger partial charge in [0, 0.05) is 33.6 Å². The standard InChI is InChI=1S/C29H25Cl2FN2O3S/c30-17-3-1-2-16(12-17)23-15-26(35)34-27(29(23)22-6-4-18(31)13-24(22)33-28(29)36)21-14-19(32)5-7-25(21)37-20-8-10-38-11-9-20/h1-7,12-14,20,23,27H,8-11,15H2,(H,33,36)(H,34,35). The SMILES string of the molecule is O=C1CC(c2cccc(Cl)c2)C2(C(=O)Nc3cc(Cl)ccc32)C(c2cc(F)ccc2OC2CCSCC2)N1. The summed E-state index contributed by atoms with van der Waals surface area (Å²) in [6.45, 7) is 0. The van der Waals surface area contributed by atoms with Crippen LogP contribution in [-0.2, 0) is 15.0 Å². The van der Waals surface area contributed by atoms with E-state index in [1.165, 1.54) is 12.1 Å². The fourth-order valence-electron chi connectivity index (χ4n) is 6.10. The first kappa shape index (κ1) is 25.5. The van der Waals surface area contributed by atoms with Crippen LogP contribution in [0.3, 0.4) is 0 Å². The highest BCUT2D eigenvalue weighted by molar-refractivity contribution is 7.99. The van der Waals surface area contributed by atoms with Crippen molar-refractivity contribution in [1.82, 2.24) is 5.32 Å². The predicted molar refractivity (Wildman–Crippen MR) is 149 cm³/mol. The van der Waals surface area contributed by atoms with Gasteiger partial charge >= 0.3 is 0 Å². The molecule has 0 saturated carbocycles. The smallest absolute Gasteiger partial charge is 0.238 e. The number of carbonyl (C=O) groups is 2. The van der Waals surface area contributed by atoms with Crippen LogP contribution in [0.15, 0.2) is 60.7 Å². The van der Waals surface area contributed by atoms with E-state index >= 15 is 0 Å². The van der Waals surface area contributed by atoms with Crippen LogP contribution in [0, 0.1) is 5.82 Å². The Kier molecular flexibility index (Phi) is 6.79. The van der Waals surface area contributed by atoms with Crippen LogP contribution in [0.4, 0.5) is 10.1 Å². The number of rotatable bonds is 4. The first-order valence-corrected chi connectivity index (χ1v) is 14.5. The lowest BCUT2D eigenvalue weighted by atomic mass is 9.59. The van der Waals surface area contributed by atoms with Crippen molar-refractivity contribution in [3.63, 3.8) is 0 Å². The highest BCUT2D eigenvalue weighted by Gasteiger charge is 2.61. The molecule has 3 heterocycles. The third kappa shape index (κ3) is 4.34. The highest BCUT2D eigenvalue weighted by Crippen LogP contribution is 2.58. The third-order valence-corrected chi connectivity index (χ3v) is 9.27. The van der Waals surface area contributed by atoms with Crippen LogP contribution in [0.5, 0.6) is 5.75 Å². The van der Waals surface area contributed by atoms with Crippen molar-refractivity contribution >= 4 is 52.5 Å². The summed E-state index contributed by atoms with van der Waals surface area (Å²) in [5.41, 5.74) is 1.14.